The Morgan fingerprint density at radius 2 is 1.74 bits per heavy atom. The number of benzene rings is 2. The summed E-state index contributed by atoms with van der Waals surface area (Å²) < 4.78 is 22.2. The molecule has 7 heteroatoms. The third-order valence-electron chi connectivity index (χ3n) is 5.78. The molecule has 6 nitrogen and oxygen atoms in total. The maximum atomic E-state index is 13.1. The summed E-state index contributed by atoms with van der Waals surface area (Å²) in [4.78, 5) is 25.9. The molecule has 3 atom stereocenters. The van der Waals surface area contributed by atoms with E-state index < -0.39 is 5.97 Å². The molecule has 31 heavy (non-hydrogen) atoms. The van der Waals surface area contributed by atoms with E-state index in [0.717, 1.165) is 0 Å². The number of hydrogen-bond acceptors (Lipinski definition) is 6. The highest BCUT2D eigenvalue weighted by molar-refractivity contribution is 6.35. The molecular formula is C24H23ClO6. The molecule has 162 valence electrons. The van der Waals surface area contributed by atoms with Crippen LogP contribution in [0.25, 0.3) is 5.57 Å². The Bertz CT molecular complexity index is 1010. The fourth-order valence-corrected chi connectivity index (χ4v) is 4.44. The van der Waals surface area contributed by atoms with Gasteiger partial charge in [0.05, 0.1) is 32.0 Å². The number of rotatable bonds is 5. The zero-order valence-corrected chi connectivity index (χ0v) is 18.1. The zero-order valence-electron chi connectivity index (χ0n) is 17.3. The first kappa shape index (κ1) is 21.2. The maximum absolute atomic E-state index is 13.1. The molecule has 0 aromatic heterocycles. The molecular weight excluding hydrogens is 420 g/mol. The highest BCUT2D eigenvalue weighted by Crippen LogP contribution is 2.39. The predicted molar refractivity (Wildman–Crippen MR) is 115 cm³/mol. The lowest BCUT2D eigenvalue weighted by Crippen LogP contribution is -2.42. The minimum Gasteiger partial charge on any atom is -0.496 e. The van der Waals surface area contributed by atoms with Crippen LogP contribution in [0.4, 0.5) is 0 Å². The number of carbonyl (C=O) groups excluding carboxylic acids is 2. The van der Waals surface area contributed by atoms with Crippen molar-refractivity contribution in [2.24, 2.45) is 5.92 Å². The molecule has 0 radical (unpaired) electrons. The van der Waals surface area contributed by atoms with Gasteiger partial charge in [-0.3, -0.25) is 4.79 Å². The Hall–Kier alpha value is -2.99. The van der Waals surface area contributed by atoms with Gasteiger partial charge in [-0.25, -0.2) is 4.79 Å². The van der Waals surface area contributed by atoms with E-state index in [1.807, 2.05) is 18.2 Å². The summed E-state index contributed by atoms with van der Waals surface area (Å²) in [6.45, 7) is 0. The molecule has 1 aliphatic heterocycles. The molecule has 1 heterocycles. The number of carbonyl (C=O) groups is 2. The number of esters is 1. The minimum atomic E-state index is -0.521. The van der Waals surface area contributed by atoms with Crippen LogP contribution in [0, 0.1) is 5.92 Å². The van der Waals surface area contributed by atoms with Crippen LogP contribution in [-0.4, -0.2) is 38.2 Å². The SMILES string of the molecule is COc1cccc(OC)c1C(=O)OC1CCC2C(=O)C(c3ccccc3Cl)=COC2C1. The van der Waals surface area contributed by atoms with E-state index in [0.29, 0.717) is 46.9 Å². The van der Waals surface area contributed by atoms with Gasteiger partial charge in [0.25, 0.3) is 0 Å². The number of halogens is 1. The van der Waals surface area contributed by atoms with Crippen molar-refractivity contribution in [2.75, 3.05) is 14.2 Å². The summed E-state index contributed by atoms with van der Waals surface area (Å²) >= 11 is 6.26. The topological polar surface area (TPSA) is 71.1 Å². The van der Waals surface area contributed by atoms with Crippen molar-refractivity contribution in [1.82, 2.24) is 0 Å². The monoisotopic (exact) mass is 442 g/mol. The Labute approximate surface area is 185 Å². The Kier molecular flexibility index (Phi) is 6.18. The second-order valence-electron chi connectivity index (χ2n) is 7.53. The van der Waals surface area contributed by atoms with Crippen molar-refractivity contribution in [2.45, 2.75) is 31.5 Å². The van der Waals surface area contributed by atoms with Crippen LogP contribution in [0.3, 0.4) is 0 Å². The van der Waals surface area contributed by atoms with Gasteiger partial charge in [0.15, 0.2) is 5.78 Å². The lowest BCUT2D eigenvalue weighted by atomic mass is 9.78. The third-order valence-corrected chi connectivity index (χ3v) is 6.11. The number of ketones is 1. The average Bonchev–Trinajstić information content (AvgIpc) is 2.79. The second-order valence-corrected chi connectivity index (χ2v) is 7.94. The second kappa shape index (κ2) is 9.02. The van der Waals surface area contributed by atoms with E-state index in [-0.39, 0.29) is 29.5 Å². The molecule has 0 bridgehead atoms. The molecule has 3 unspecified atom stereocenters. The molecule has 0 spiro atoms. The molecule has 1 aliphatic carbocycles. The molecule has 2 aromatic carbocycles. The first-order valence-corrected chi connectivity index (χ1v) is 10.5. The molecule has 2 aliphatic rings. The molecule has 0 saturated heterocycles. The third kappa shape index (κ3) is 4.12. The predicted octanol–water partition coefficient (Wildman–Crippen LogP) is 4.69. The molecule has 0 N–H and O–H groups in total. The first-order valence-electron chi connectivity index (χ1n) is 10.1. The Morgan fingerprint density at radius 3 is 2.42 bits per heavy atom. The van der Waals surface area contributed by atoms with Crippen molar-refractivity contribution in [1.29, 1.82) is 0 Å². The van der Waals surface area contributed by atoms with Gasteiger partial charge in [0, 0.05) is 17.0 Å². The fraction of sp³-hybridized carbons (Fsp3) is 0.333. The van der Waals surface area contributed by atoms with Gasteiger partial charge in [0.2, 0.25) is 0 Å². The summed E-state index contributed by atoms with van der Waals surface area (Å²) in [7, 11) is 2.97. The van der Waals surface area contributed by atoms with E-state index in [9.17, 15) is 9.59 Å². The van der Waals surface area contributed by atoms with Crippen LogP contribution in [0.2, 0.25) is 5.02 Å². The summed E-state index contributed by atoms with van der Waals surface area (Å²) in [5.41, 5.74) is 1.40. The van der Waals surface area contributed by atoms with Gasteiger partial charge in [0.1, 0.15) is 29.3 Å². The van der Waals surface area contributed by atoms with Crippen molar-refractivity contribution >= 4 is 28.9 Å². The van der Waals surface area contributed by atoms with Crippen molar-refractivity contribution < 1.29 is 28.5 Å². The number of hydrogen-bond donors (Lipinski definition) is 0. The van der Waals surface area contributed by atoms with Gasteiger partial charge >= 0.3 is 5.97 Å². The maximum Gasteiger partial charge on any atom is 0.346 e. The van der Waals surface area contributed by atoms with Crippen LogP contribution >= 0.6 is 11.6 Å². The molecule has 1 fully saturated rings. The minimum absolute atomic E-state index is 0.0144. The quantitative estimate of drug-likeness (QED) is 0.625. The van der Waals surface area contributed by atoms with E-state index >= 15 is 0 Å². The Balaban J connectivity index is 1.48. The van der Waals surface area contributed by atoms with Gasteiger partial charge in [-0.1, -0.05) is 35.9 Å². The van der Waals surface area contributed by atoms with Crippen molar-refractivity contribution in [3.63, 3.8) is 0 Å². The van der Waals surface area contributed by atoms with Gasteiger partial charge in [-0.15, -0.1) is 0 Å². The van der Waals surface area contributed by atoms with E-state index in [1.165, 1.54) is 20.5 Å². The van der Waals surface area contributed by atoms with Crippen LogP contribution < -0.4 is 9.47 Å². The standard InChI is InChI=1S/C24H23ClO6/c1-28-19-8-5-9-20(29-2)22(19)24(27)31-14-10-11-16-21(12-14)30-13-17(23(16)26)15-6-3-4-7-18(15)25/h3-9,13-14,16,21H,10-12H2,1-2H3. The van der Waals surface area contributed by atoms with Crippen LogP contribution in [0.5, 0.6) is 11.5 Å². The highest BCUT2D eigenvalue weighted by atomic mass is 35.5. The van der Waals surface area contributed by atoms with Gasteiger partial charge in [-0.05, 0) is 31.0 Å². The number of fused-ring (bicyclic) bond motifs is 1. The Morgan fingerprint density at radius 1 is 1.03 bits per heavy atom. The van der Waals surface area contributed by atoms with E-state index in [1.54, 1.807) is 24.3 Å². The average molecular weight is 443 g/mol. The van der Waals surface area contributed by atoms with Crippen molar-refractivity contribution in [3.8, 4) is 11.5 Å². The number of methoxy groups -OCH3 is 2. The highest BCUT2D eigenvalue weighted by Gasteiger charge is 2.42. The van der Waals surface area contributed by atoms with Crippen LogP contribution in [-0.2, 0) is 14.3 Å². The van der Waals surface area contributed by atoms with E-state index in [4.69, 9.17) is 30.5 Å². The van der Waals surface area contributed by atoms with Crippen LogP contribution in [0.1, 0.15) is 35.2 Å². The van der Waals surface area contributed by atoms with Gasteiger partial charge < -0.3 is 18.9 Å². The summed E-state index contributed by atoms with van der Waals surface area (Å²) in [6.07, 6.45) is 2.34. The van der Waals surface area contributed by atoms with E-state index in [2.05, 4.69) is 0 Å². The van der Waals surface area contributed by atoms with Crippen molar-refractivity contribution in [3.05, 3.63) is 64.9 Å². The number of allylic oxidation sites excluding steroid dienone is 1. The lowest BCUT2D eigenvalue weighted by molar-refractivity contribution is -0.126. The largest absolute Gasteiger partial charge is 0.496 e. The molecule has 2 aromatic rings. The zero-order chi connectivity index (χ0) is 22.0. The fourth-order valence-electron chi connectivity index (χ4n) is 4.20. The first-order chi connectivity index (χ1) is 15.0. The molecule has 1 saturated carbocycles. The normalized spacial score (nSPS) is 22.6. The number of ether oxygens (including phenoxy) is 4. The molecule has 4 rings (SSSR count). The number of Topliss-reactive ketones (excluding diaryl/α,β-unsaturated/α-hetero) is 1. The lowest BCUT2D eigenvalue weighted by Gasteiger charge is -2.37. The summed E-state index contributed by atoms with van der Waals surface area (Å²) in [5.74, 6) is -0.0244. The summed E-state index contributed by atoms with van der Waals surface area (Å²) in [6, 6.07) is 12.3. The smallest absolute Gasteiger partial charge is 0.346 e. The van der Waals surface area contributed by atoms with Crippen LogP contribution in [0.15, 0.2) is 48.7 Å². The van der Waals surface area contributed by atoms with Gasteiger partial charge in [-0.2, -0.15) is 0 Å². The molecule has 0 amide bonds. The summed E-state index contributed by atoms with van der Waals surface area (Å²) in [5, 5.41) is 0.512.